The zero-order chi connectivity index (χ0) is 16.1. The van der Waals surface area contributed by atoms with Gasteiger partial charge in [0.15, 0.2) is 5.78 Å². The Bertz CT molecular complexity index is 366. The Kier molecular flexibility index (Phi) is 6.34. The molecular formula is C14H26N2O4. The first-order chi connectivity index (χ1) is 8.85. The fourth-order valence-corrected chi connectivity index (χ4v) is 1.57. The Morgan fingerprint density at radius 3 is 1.95 bits per heavy atom. The van der Waals surface area contributed by atoms with Crippen molar-refractivity contribution < 1.29 is 19.1 Å². The van der Waals surface area contributed by atoms with Crippen molar-refractivity contribution in [1.29, 1.82) is 5.41 Å². The number of hydrogen-bond donors (Lipinski definition) is 2. The van der Waals surface area contributed by atoms with E-state index in [9.17, 15) is 9.59 Å². The summed E-state index contributed by atoms with van der Waals surface area (Å²) in [6, 6.07) is -0.943. The van der Waals surface area contributed by atoms with Crippen LogP contribution in [-0.4, -0.2) is 41.4 Å². The van der Waals surface area contributed by atoms with Crippen molar-refractivity contribution in [2.24, 2.45) is 0 Å². The molecule has 0 saturated carbocycles. The smallest absolute Gasteiger partial charge is 0.408 e. The number of rotatable bonds is 5. The van der Waals surface area contributed by atoms with E-state index in [2.05, 4.69) is 5.32 Å². The fraction of sp³-hybridized carbons (Fsp3) is 0.786. The van der Waals surface area contributed by atoms with Gasteiger partial charge >= 0.3 is 6.09 Å². The lowest BCUT2D eigenvalue weighted by Crippen LogP contribution is -2.51. The van der Waals surface area contributed by atoms with Crippen molar-refractivity contribution in [3.05, 3.63) is 0 Å². The van der Waals surface area contributed by atoms with Gasteiger partial charge in [0.25, 0.3) is 0 Å². The zero-order valence-electron chi connectivity index (χ0n) is 13.4. The van der Waals surface area contributed by atoms with Crippen LogP contribution in [0.25, 0.3) is 0 Å². The highest BCUT2D eigenvalue weighted by Crippen LogP contribution is 2.14. The first-order valence-corrected chi connectivity index (χ1v) is 6.57. The second-order valence-electron chi connectivity index (χ2n) is 6.61. The van der Waals surface area contributed by atoms with Gasteiger partial charge in [0.05, 0.1) is 17.9 Å². The van der Waals surface area contributed by atoms with Crippen LogP contribution in [0, 0.1) is 5.41 Å². The molecule has 2 atom stereocenters. The van der Waals surface area contributed by atoms with E-state index in [1.54, 1.807) is 27.7 Å². The number of ether oxygens (including phenoxy) is 2. The SMILES string of the molecule is C[C@@H](OC(C)(C)C)[C@H](NC(=O)OC(C)(C)C)C(=O)C=N. The van der Waals surface area contributed by atoms with Gasteiger partial charge in [-0.2, -0.15) is 0 Å². The van der Waals surface area contributed by atoms with E-state index in [4.69, 9.17) is 14.9 Å². The topological polar surface area (TPSA) is 88.5 Å². The summed E-state index contributed by atoms with van der Waals surface area (Å²) >= 11 is 0. The van der Waals surface area contributed by atoms with Gasteiger partial charge in [0.1, 0.15) is 11.6 Å². The number of ketones is 1. The number of hydrogen-bond acceptors (Lipinski definition) is 5. The fourth-order valence-electron chi connectivity index (χ4n) is 1.57. The summed E-state index contributed by atoms with van der Waals surface area (Å²) in [7, 11) is 0. The van der Waals surface area contributed by atoms with Crippen LogP contribution in [0.3, 0.4) is 0 Å². The Hall–Kier alpha value is -1.43. The predicted molar refractivity (Wildman–Crippen MR) is 77.2 cm³/mol. The number of amides is 1. The van der Waals surface area contributed by atoms with Gasteiger partial charge in [0, 0.05) is 0 Å². The van der Waals surface area contributed by atoms with Crippen LogP contribution in [0.5, 0.6) is 0 Å². The highest BCUT2D eigenvalue weighted by Gasteiger charge is 2.30. The van der Waals surface area contributed by atoms with E-state index < -0.39 is 35.2 Å². The molecule has 6 heteroatoms. The van der Waals surface area contributed by atoms with E-state index in [-0.39, 0.29) is 0 Å². The van der Waals surface area contributed by atoms with Crippen molar-refractivity contribution in [3.63, 3.8) is 0 Å². The molecule has 0 bridgehead atoms. The largest absolute Gasteiger partial charge is 0.444 e. The van der Waals surface area contributed by atoms with Gasteiger partial charge in [-0.15, -0.1) is 0 Å². The van der Waals surface area contributed by atoms with E-state index in [0.717, 1.165) is 0 Å². The van der Waals surface area contributed by atoms with Crippen LogP contribution in [0.2, 0.25) is 0 Å². The Morgan fingerprint density at radius 1 is 1.10 bits per heavy atom. The van der Waals surface area contributed by atoms with E-state index >= 15 is 0 Å². The van der Waals surface area contributed by atoms with Crippen molar-refractivity contribution in [3.8, 4) is 0 Å². The molecule has 0 fully saturated rings. The van der Waals surface area contributed by atoms with Crippen molar-refractivity contribution in [2.75, 3.05) is 0 Å². The minimum atomic E-state index is -0.943. The average Bonchev–Trinajstić information content (AvgIpc) is 2.19. The number of nitrogens with one attached hydrogen (secondary N) is 2. The van der Waals surface area contributed by atoms with Crippen LogP contribution >= 0.6 is 0 Å². The van der Waals surface area contributed by atoms with E-state index in [1.165, 1.54) is 0 Å². The zero-order valence-corrected chi connectivity index (χ0v) is 13.4. The number of alkyl carbamates (subject to hydrolysis) is 1. The number of Topliss-reactive ketones (excluding diaryl/α,β-unsaturated/α-hetero) is 1. The summed E-state index contributed by atoms with van der Waals surface area (Å²) in [6.07, 6.45) is -0.608. The first kappa shape index (κ1) is 18.6. The molecule has 0 spiro atoms. The summed E-state index contributed by atoms with van der Waals surface area (Å²) in [5.41, 5.74) is -1.12. The van der Waals surface area contributed by atoms with Crippen molar-refractivity contribution in [1.82, 2.24) is 5.32 Å². The monoisotopic (exact) mass is 286 g/mol. The molecule has 0 aromatic heterocycles. The highest BCUT2D eigenvalue weighted by molar-refractivity contribution is 6.29. The molecular weight excluding hydrogens is 260 g/mol. The molecule has 116 valence electrons. The Labute approximate surface area is 120 Å². The second kappa shape index (κ2) is 6.83. The second-order valence-corrected chi connectivity index (χ2v) is 6.61. The molecule has 0 aromatic carbocycles. The van der Waals surface area contributed by atoms with Gasteiger partial charge in [-0.3, -0.25) is 4.79 Å². The molecule has 0 saturated heterocycles. The highest BCUT2D eigenvalue weighted by atomic mass is 16.6. The lowest BCUT2D eigenvalue weighted by atomic mass is 10.1. The van der Waals surface area contributed by atoms with Crippen LogP contribution in [0.1, 0.15) is 48.5 Å². The Morgan fingerprint density at radius 2 is 1.60 bits per heavy atom. The summed E-state index contributed by atoms with van der Waals surface area (Å²) in [4.78, 5) is 23.5. The van der Waals surface area contributed by atoms with Gasteiger partial charge < -0.3 is 20.2 Å². The molecule has 0 heterocycles. The molecule has 6 nitrogen and oxygen atoms in total. The maximum absolute atomic E-state index is 11.7. The maximum Gasteiger partial charge on any atom is 0.408 e. The van der Waals surface area contributed by atoms with Gasteiger partial charge in [-0.1, -0.05) is 0 Å². The molecule has 0 aromatic rings. The molecule has 0 unspecified atom stereocenters. The number of carbonyl (C=O) groups is 2. The first-order valence-electron chi connectivity index (χ1n) is 6.57. The molecule has 20 heavy (non-hydrogen) atoms. The van der Waals surface area contributed by atoms with E-state index in [1.807, 2.05) is 20.8 Å². The Balaban J connectivity index is 4.86. The summed E-state index contributed by atoms with van der Waals surface area (Å²) < 4.78 is 10.8. The normalized spacial score (nSPS) is 15.2. The van der Waals surface area contributed by atoms with Crippen molar-refractivity contribution in [2.45, 2.75) is 71.8 Å². The molecule has 0 aliphatic carbocycles. The quantitative estimate of drug-likeness (QED) is 0.759. The van der Waals surface area contributed by atoms with Crippen LogP contribution in [-0.2, 0) is 14.3 Å². The molecule has 2 N–H and O–H groups in total. The van der Waals surface area contributed by atoms with Crippen molar-refractivity contribution >= 4 is 18.1 Å². The van der Waals surface area contributed by atoms with E-state index in [0.29, 0.717) is 6.21 Å². The molecule has 0 aliphatic heterocycles. The molecule has 0 rings (SSSR count). The standard InChI is InChI=1S/C14H26N2O4/c1-9(19-13(2,3)4)11(10(17)8-15)16-12(18)20-14(5,6)7/h8-9,11,15H,1-7H3,(H,16,18)/t9-,11+/m1/s1. The maximum atomic E-state index is 11.7. The minimum Gasteiger partial charge on any atom is -0.444 e. The summed E-state index contributed by atoms with van der Waals surface area (Å²) in [5, 5.41) is 9.53. The number of carbonyl (C=O) groups excluding carboxylic acids is 2. The van der Waals surface area contributed by atoms with Crippen LogP contribution < -0.4 is 5.32 Å². The van der Waals surface area contributed by atoms with Gasteiger partial charge in [-0.25, -0.2) is 4.79 Å². The summed E-state index contributed by atoms with van der Waals surface area (Å²) in [5.74, 6) is -0.535. The third-order valence-corrected chi connectivity index (χ3v) is 2.13. The van der Waals surface area contributed by atoms with Crippen LogP contribution in [0.15, 0.2) is 0 Å². The predicted octanol–water partition coefficient (Wildman–Crippen LogP) is 2.30. The van der Waals surface area contributed by atoms with Gasteiger partial charge in [-0.05, 0) is 48.5 Å². The average molecular weight is 286 g/mol. The summed E-state index contributed by atoms with van der Waals surface area (Å²) in [6.45, 7) is 12.4. The van der Waals surface area contributed by atoms with Gasteiger partial charge in [0.2, 0.25) is 0 Å². The molecule has 0 radical (unpaired) electrons. The third-order valence-electron chi connectivity index (χ3n) is 2.13. The van der Waals surface area contributed by atoms with Crippen LogP contribution in [0.4, 0.5) is 4.79 Å². The third kappa shape index (κ3) is 7.89. The molecule has 1 amide bonds. The molecule has 0 aliphatic rings. The lowest BCUT2D eigenvalue weighted by molar-refractivity contribution is -0.122. The minimum absolute atomic E-state index is 0.463. The lowest BCUT2D eigenvalue weighted by Gasteiger charge is -2.30.